The van der Waals surface area contributed by atoms with Gasteiger partial charge in [-0.3, -0.25) is 4.72 Å². The predicted octanol–water partition coefficient (Wildman–Crippen LogP) is 3.78. The molecule has 0 aliphatic rings. The number of anilines is 1. The number of methoxy groups -OCH3 is 1. The van der Waals surface area contributed by atoms with Crippen molar-refractivity contribution in [3.63, 3.8) is 0 Å². The number of nitrogens with zero attached hydrogens (tertiary/aromatic N) is 3. The van der Waals surface area contributed by atoms with Gasteiger partial charge in [0.25, 0.3) is 15.9 Å². The second-order valence-electron chi connectivity index (χ2n) is 6.15. The topological polar surface area (TPSA) is 120 Å². The van der Waals surface area contributed by atoms with Gasteiger partial charge in [0.15, 0.2) is 5.82 Å². The van der Waals surface area contributed by atoms with Crippen LogP contribution in [0.5, 0.6) is 5.75 Å². The van der Waals surface area contributed by atoms with Crippen molar-refractivity contribution in [3.8, 4) is 17.2 Å². The fourth-order valence-electron chi connectivity index (χ4n) is 2.69. The molecule has 0 unspecified atom stereocenters. The quantitative estimate of drug-likeness (QED) is 0.455. The number of hydrogen-bond donors (Lipinski definition) is 1. The van der Waals surface area contributed by atoms with Gasteiger partial charge in [-0.05, 0) is 36.4 Å². The van der Waals surface area contributed by atoms with Gasteiger partial charge < -0.3 is 13.8 Å². The first-order chi connectivity index (χ1) is 14.4. The number of aromatic nitrogens is 3. The molecule has 11 heteroatoms. The first-order valence-corrected chi connectivity index (χ1v) is 10.5. The summed E-state index contributed by atoms with van der Waals surface area (Å²) < 4.78 is 43.7. The van der Waals surface area contributed by atoms with Crippen LogP contribution < -0.4 is 9.46 Å². The molecule has 0 fully saturated rings. The molecule has 2 aromatic heterocycles. The molecule has 1 N–H and O–H groups in total. The monoisotopic (exact) mass is 446 g/mol. The maximum atomic E-state index is 12.9. The van der Waals surface area contributed by atoms with Gasteiger partial charge in [0.2, 0.25) is 0 Å². The van der Waals surface area contributed by atoms with Gasteiger partial charge >= 0.3 is 0 Å². The van der Waals surface area contributed by atoms with Crippen molar-refractivity contribution in [1.82, 2.24) is 15.3 Å². The van der Waals surface area contributed by atoms with E-state index >= 15 is 0 Å². The number of halogens is 1. The van der Waals surface area contributed by atoms with Crippen molar-refractivity contribution in [2.45, 2.75) is 11.3 Å². The minimum Gasteiger partial charge on any atom is -0.495 e. The summed E-state index contributed by atoms with van der Waals surface area (Å²) in [5, 5.41) is 7.88. The van der Waals surface area contributed by atoms with E-state index in [0.29, 0.717) is 34.3 Å². The smallest absolute Gasteiger partial charge is 0.262 e. The summed E-state index contributed by atoms with van der Waals surface area (Å²) >= 11 is 5.98. The van der Waals surface area contributed by atoms with Crippen LogP contribution in [0, 0.1) is 0 Å². The van der Waals surface area contributed by atoms with Gasteiger partial charge in [0.05, 0.1) is 30.3 Å². The summed E-state index contributed by atoms with van der Waals surface area (Å²) in [4.78, 5) is 4.29. The Morgan fingerprint density at radius 2 is 2.00 bits per heavy atom. The molecule has 0 amide bonds. The van der Waals surface area contributed by atoms with Gasteiger partial charge in [0, 0.05) is 16.7 Å². The van der Waals surface area contributed by atoms with E-state index in [1.165, 1.54) is 31.5 Å². The molecule has 30 heavy (non-hydrogen) atoms. The van der Waals surface area contributed by atoms with E-state index < -0.39 is 10.0 Å². The molecule has 0 aliphatic carbocycles. The highest BCUT2D eigenvalue weighted by atomic mass is 35.5. The number of hydrogen-bond acceptors (Lipinski definition) is 8. The van der Waals surface area contributed by atoms with Gasteiger partial charge in [-0.15, -0.1) is 0 Å². The van der Waals surface area contributed by atoms with Crippen LogP contribution in [0.25, 0.3) is 11.5 Å². The van der Waals surface area contributed by atoms with E-state index in [0.717, 1.165) is 0 Å². The highest BCUT2D eigenvalue weighted by Gasteiger charge is 2.19. The second-order valence-corrected chi connectivity index (χ2v) is 8.27. The molecule has 0 saturated carbocycles. The molecule has 0 spiro atoms. The van der Waals surface area contributed by atoms with Gasteiger partial charge in [-0.1, -0.05) is 28.0 Å². The maximum absolute atomic E-state index is 12.9. The van der Waals surface area contributed by atoms with Crippen molar-refractivity contribution in [3.05, 3.63) is 71.3 Å². The van der Waals surface area contributed by atoms with Crippen molar-refractivity contribution in [1.29, 1.82) is 0 Å². The predicted molar refractivity (Wildman–Crippen MR) is 108 cm³/mol. The molecule has 0 radical (unpaired) electrons. The minimum atomic E-state index is -3.93. The maximum Gasteiger partial charge on any atom is 0.262 e. The first-order valence-electron chi connectivity index (χ1n) is 8.63. The number of sulfonamides is 1. The number of benzene rings is 2. The summed E-state index contributed by atoms with van der Waals surface area (Å²) in [6.07, 6.45) is 1.82. The molecule has 154 valence electrons. The Hall–Kier alpha value is -3.37. The highest BCUT2D eigenvalue weighted by Crippen LogP contribution is 2.30. The van der Waals surface area contributed by atoms with Crippen LogP contribution in [-0.2, 0) is 16.4 Å². The van der Waals surface area contributed by atoms with E-state index in [2.05, 4.69) is 20.0 Å². The third kappa shape index (κ3) is 4.29. The van der Waals surface area contributed by atoms with E-state index in [4.69, 9.17) is 25.4 Å². The van der Waals surface area contributed by atoms with E-state index in [-0.39, 0.29) is 16.5 Å². The number of ether oxygens (including phenoxy) is 1. The van der Waals surface area contributed by atoms with Crippen molar-refractivity contribution >= 4 is 27.3 Å². The molecule has 2 heterocycles. The Balaban J connectivity index is 1.60. The van der Waals surface area contributed by atoms with Gasteiger partial charge in [0.1, 0.15) is 11.5 Å². The minimum absolute atomic E-state index is 0.0111. The van der Waals surface area contributed by atoms with Crippen LogP contribution >= 0.6 is 11.6 Å². The molecule has 2 aromatic carbocycles. The molecular weight excluding hydrogens is 432 g/mol. The van der Waals surface area contributed by atoms with Crippen LogP contribution in [0.15, 0.2) is 68.7 Å². The number of nitrogens with one attached hydrogen (secondary N) is 1. The normalized spacial score (nSPS) is 11.4. The lowest BCUT2D eigenvalue weighted by Gasteiger charge is -2.12. The molecule has 0 atom stereocenters. The number of rotatable bonds is 7. The standard InChI is InChI=1S/C19H15ClN4O5S/c1-27-17-6-5-13(20)10-16(17)24-30(25,26)15-4-2-3-12(9-15)19-22-18(23-29-19)11-14-7-8-21-28-14/h2-10,24H,11H2,1H3. The third-order valence-corrected chi connectivity index (χ3v) is 5.69. The zero-order valence-corrected chi connectivity index (χ0v) is 17.1. The summed E-state index contributed by atoms with van der Waals surface area (Å²) in [7, 11) is -2.49. The first kappa shape index (κ1) is 19.9. The lowest BCUT2D eigenvalue weighted by atomic mass is 10.2. The molecule has 4 aromatic rings. The lowest BCUT2D eigenvalue weighted by molar-refractivity contribution is 0.382. The van der Waals surface area contributed by atoms with Gasteiger partial charge in [-0.25, -0.2) is 8.42 Å². The molecular formula is C19H15ClN4O5S. The molecule has 0 bridgehead atoms. The third-order valence-electron chi connectivity index (χ3n) is 4.09. The van der Waals surface area contributed by atoms with E-state index in [1.54, 1.807) is 30.3 Å². The Labute approximate surface area is 176 Å². The Kier molecular flexibility index (Phi) is 5.42. The zero-order chi connectivity index (χ0) is 21.1. The van der Waals surface area contributed by atoms with Crippen LogP contribution in [0.3, 0.4) is 0 Å². The summed E-state index contributed by atoms with van der Waals surface area (Å²) in [5.74, 6) is 1.49. The SMILES string of the molecule is COc1ccc(Cl)cc1NS(=O)(=O)c1cccc(-c2nc(Cc3ccno3)no2)c1. The van der Waals surface area contributed by atoms with Crippen LogP contribution in [0.4, 0.5) is 5.69 Å². The van der Waals surface area contributed by atoms with Crippen LogP contribution in [0.1, 0.15) is 11.6 Å². The average Bonchev–Trinajstić information content (AvgIpc) is 3.41. The zero-order valence-electron chi connectivity index (χ0n) is 15.6. The van der Waals surface area contributed by atoms with E-state index in [9.17, 15) is 8.42 Å². The van der Waals surface area contributed by atoms with Crippen molar-refractivity contribution in [2.75, 3.05) is 11.8 Å². The Morgan fingerprint density at radius 1 is 1.13 bits per heavy atom. The van der Waals surface area contributed by atoms with Gasteiger partial charge in [-0.2, -0.15) is 4.98 Å². The Morgan fingerprint density at radius 3 is 2.77 bits per heavy atom. The molecule has 0 saturated heterocycles. The summed E-state index contributed by atoms with van der Waals surface area (Å²) in [6, 6.07) is 12.5. The van der Waals surface area contributed by atoms with Crippen LogP contribution in [0.2, 0.25) is 5.02 Å². The summed E-state index contributed by atoms with van der Waals surface area (Å²) in [6.45, 7) is 0. The fraction of sp³-hybridized carbons (Fsp3) is 0.105. The largest absolute Gasteiger partial charge is 0.495 e. The second kappa shape index (κ2) is 8.17. The average molecular weight is 447 g/mol. The van der Waals surface area contributed by atoms with Crippen LogP contribution in [-0.4, -0.2) is 30.8 Å². The van der Waals surface area contributed by atoms with Crippen molar-refractivity contribution < 1.29 is 22.2 Å². The lowest BCUT2D eigenvalue weighted by Crippen LogP contribution is -2.13. The highest BCUT2D eigenvalue weighted by molar-refractivity contribution is 7.92. The summed E-state index contributed by atoms with van der Waals surface area (Å²) in [5.41, 5.74) is 0.676. The van der Waals surface area contributed by atoms with E-state index in [1.807, 2.05) is 0 Å². The molecule has 9 nitrogen and oxygen atoms in total. The fourth-order valence-corrected chi connectivity index (χ4v) is 3.97. The molecule has 4 rings (SSSR count). The van der Waals surface area contributed by atoms with Crippen molar-refractivity contribution in [2.24, 2.45) is 0 Å². The Bertz CT molecular complexity index is 1270. The molecule has 0 aliphatic heterocycles.